The van der Waals surface area contributed by atoms with Gasteiger partial charge in [-0.05, 0) is 30.7 Å². The summed E-state index contributed by atoms with van der Waals surface area (Å²) in [5.41, 5.74) is 0.777. The fraction of sp³-hybridized carbons (Fsp3) is 0.238. The Hall–Kier alpha value is -3.50. The molecule has 0 aliphatic heterocycles. The van der Waals surface area contributed by atoms with Crippen molar-refractivity contribution in [2.75, 3.05) is 18.4 Å². The minimum absolute atomic E-state index is 0.134. The van der Waals surface area contributed by atoms with Gasteiger partial charge in [-0.2, -0.15) is 10.1 Å². The minimum Gasteiger partial charge on any atom is -0.367 e. The highest BCUT2D eigenvalue weighted by Crippen LogP contribution is 2.31. The van der Waals surface area contributed by atoms with Gasteiger partial charge in [0.15, 0.2) is 5.82 Å². The molecule has 0 saturated carbocycles. The van der Waals surface area contributed by atoms with Crippen LogP contribution in [0.3, 0.4) is 0 Å². The van der Waals surface area contributed by atoms with Crippen LogP contribution < -0.4 is 16.2 Å². The van der Waals surface area contributed by atoms with E-state index in [-0.39, 0.29) is 17.9 Å². The first-order valence-corrected chi connectivity index (χ1v) is 10.9. The van der Waals surface area contributed by atoms with Crippen LogP contribution in [-0.2, 0) is 11.2 Å². The van der Waals surface area contributed by atoms with Crippen LogP contribution in [0.25, 0.3) is 22.3 Å². The van der Waals surface area contributed by atoms with E-state index < -0.39 is 0 Å². The quantitative estimate of drug-likeness (QED) is 0.305. The molecule has 3 N–H and O–H groups in total. The van der Waals surface area contributed by atoms with Crippen LogP contribution in [-0.4, -0.2) is 44.3 Å². The lowest BCUT2D eigenvalue weighted by molar-refractivity contribution is -0.121. The Morgan fingerprint density at radius 2 is 2.03 bits per heavy atom. The lowest BCUT2D eigenvalue weighted by Crippen LogP contribution is -2.26. The molecule has 3 heterocycles. The number of carbonyl (C=O) groups excluding carboxylic acids is 1. The number of benzene rings is 1. The monoisotopic (exact) mass is 487 g/mol. The first-order valence-electron chi connectivity index (χ1n) is 10.1. The van der Waals surface area contributed by atoms with E-state index in [1.54, 1.807) is 36.5 Å². The van der Waals surface area contributed by atoms with Gasteiger partial charge in [0.1, 0.15) is 5.52 Å². The Kier molecular flexibility index (Phi) is 7.16. The maximum Gasteiger partial charge on any atom is 0.273 e. The number of pyridine rings is 1. The van der Waals surface area contributed by atoms with Crippen LogP contribution in [0.4, 0.5) is 5.82 Å². The number of amides is 1. The highest BCUT2D eigenvalue weighted by molar-refractivity contribution is 6.43. The van der Waals surface area contributed by atoms with Gasteiger partial charge in [-0.15, -0.1) is 0 Å². The summed E-state index contributed by atoms with van der Waals surface area (Å²) in [6, 6.07) is 8.53. The van der Waals surface area contributed by atoms with Gasteiger partial charge < -0.3 is 15.2 Å². The molecule has 1 amide bonds. The van der Waals surface area contributed by atoms with Gasteiger partial charge in [0.2, 0.25) is 17.6 Å². The minimum atomic E-state index is -0.292. The van der Waals surface area contributed by atoms with Crippen LogP contribution >= 0.6 is 23.2 Å². The van der Waals surface area contributed by atoms with Gasteiger partial charge in [-0.1, -0.05) is 34.4 Å². The predicted octanol–water partition coefficient (Wildman–Crippen LogP) is 3.23. The van der Waals surface area contributed by atoms with E-state index in [9.17, 15) is 9.59 Å². The molecule has 12 heteroatoms. The van der Waals surface area contributed by atoms with E-state index in [4.69, 9.17) is 27.7 Å². The Bertz CT molecular complexity index is 1340. The molecule has 4 aromatic rings. The van der Waals surface area contributed by atoms with Crippen LogP contribution in [0, 0.1) is 0 Å². The van der Waals surface area contributed by atoms with Gasteiger partial charge in [-0.3, -0.25) is 14.6 Å². The molecule has 0 unspecified atom stereocenters. The molecule has 0 aliphatic carbocycles. The van der Waals surface area contributed by atoms with Gasteiger partial charge in [0, 0.05) is 37.7 Å². The second-order valence-electron chi connectivity index (χ2n) is 7.04. The summed E-state index contributed by atoms with van der Waals surface area (Å²) in [6.07, 6.45) is 2.76. The van der Waals surface area contributed by atoms with Gasteiger partial charge in [0.05, 0.1) is 15.4 Å². The second kappa shape index (κ2) is 10.4. The van der Waals surface area contributed by atoms with E-state index in [1.165, 1.54) is 0 Å². The number of aromatic nitrogens is 5. The third-order valence-electron chi connectivity index (χ3n) is 4.74. The summed E-state index contributed by atoms with van der Waals surface area (Å²) in [4.78, 5) is 32.4. The number of carbonyl (C=O) groups is 1. The van der Waals surface area contributed by atoms with Crippen molar-refractivity contribution in [3.8, 4) is 11.4 Å². The summed E-state index contributed by atoms with van der Waals surface area (Å²) in [6.45, 7) is 1.01. The maximum absolute atomic E-state index is 12.1. The first-order chi connectivity index (χ1) is 16.0. The van der Waals surface area contributed by atoms with Gasteiger partial charge >= 0.3 is 0 Å². The maximum atomic E-state index is 12.1. The number of aromatic amines is 1. The third kappa shape index (κ3) is 5.47. The van der Waals surface area contributed by atoms with Crippen molar-refractivity contribution in [3.63, 3.8) is 0 Å². The smallest absolute Gasteiger partial charge is 0.273 e. The van der Waals surface area contributed by atoms with Crippen molar-refractivity contribution in [1.29, 1.82) is 0 Å². The number of halogens is 2. The van der Waals surface area contributed by atoms with Gasteiger partial charge in [0.25, 0.3) is 5.56 Å². The number of hydrogen-bond acceptors (Lipinski definition) is 8. The van der Waals surface area contributed by atoms with Gasteiger partial charge in [-0.25, -0.2) is 5.10 Å². The normalized spacial score (nSPS) is 11.0. The Morgan fingerprint density at radius 3 is 2.91 bits per heavy atom. The summed E-state index contributed by atoms with van der Waals surface area (Å²) >= 11 is 12.2. The van der Waals surface area contributed by atoms with E-state index in [0.29, 0.717) is 70.0 Å². The highest BCUT2D eigenvalue weighted by atomic mass is 35.5. The van der Waals surface area contributed by atoms with Crippen molar-refractivity contribution in [2.45, 2.75) is 19.3 Å². The zero-order valence-corrected chi connectivity index (χ0v) is 18.8. The van der Waals surface area contributed by atoms with Crippen molar-refractivity contribution in [1.82, 2.24) is 30.6 Å². The molecule has 3 aromatic heterocycles. The number of nitrogens with one attached hydrogen (secondary N) is 3. The van der Waals surface area contributed by atoms with E-state index in [1.807, 2.05) is 0 Å². The molecule has 0 spiro atoms. The number of nitrogens with zero attached hydrogens (tertiary/aromatic N) is 4. The molecule has 0 atom stereocenters. The SMILES string of the molecule is O=C(CCc1nc(-c2cccc(Cl)c2Cl)no1)NCCCNc1n[nH]c(=O)c2cccnc12. The third-order valence-corrected chi connectivity index (χ3v) is 5.56. The summed E-state index contributed by atoms with van der Waals surface area (Å²) in [5, 5.41) is 17.5. The molecule has 33 heavy (non-hydrogen) atoms. The zero-order valence-electron chi connectivity index (χ0n) is 17.3. The average Bonchev–Trinajstić information content (AvgIpc) is 3.29. The van der Waals surface area contributed by atoms with Crippen LogP contribution in [0.2, 0.25) is 10.0 Å². The number of fused-ring (bicyclic) bond motifs is 1. The Balaban J connectivity index is 1.20. The van der Waals surface area contributed by atoms with E-state index >= 15 is 0 Å². The van der Waals surface area contributed by atoms with E-state index in [2.05, 4.69) is 36.0 Å². The fourth-order valence-electron chi connectivity index (χ4n) is 3.09. The summed E-state index contributed by atoms with van der Waals surface area (Å²) in [5.74, 6) is 1.01. The topological polar surface area (TPSA) is 139 Å². The molecule has 4 rings (SSSR count). The number of H-pyrrole nitrogens is 1. The number of anilines is 1. The molecule has 0 saturated heterocycles. The van der Waals surface area contributed by atoms with E-state index in [0.717, 1.165) is 0 Å². The fourth-order valence-corrected chi connectivity index (χ4v) is 3.48. The zero-order chi connectivity index (χ0) is 23.2. The van der Waals surface area contributed by atoms with Crippen LogP contribution in [0.1, 0.15) is 18.7 Å². The average molecular weight is 488 g/mol. The number of rotatable bonds is 9. The number of aryl methyl sites for hydroxylation is 1. The molecular formula is C21H19Cl2N7O3. The lowest BCUT2D eigenvalue weighted by atomic mass is 10.2. The molecule has 0 radical (unpaired) electrons. The number of hydrogen-bond donors (Lipinski definition) is 3. The molecule has 170 valence electrons. The van der Waals surface area contributed by atoms with Crippen LogP contribution in [0.5, 0.6) is 0 Å². The molecule has 0 aliphatic rings. The summed E-state index contributed by atoms with van der Waals surface area (Å²) < 4.78 is 5.21. The summed E-state index contributed by atoms with van der Waals surface area (Å²) in [7, 11) is 0. The van der Waals surface area contributed by atoms with Crippen molar-refractivity contribution in [2.24, 2.45) is 0 Å². The standard InChI is InChI=1S/C21H19Cl2N7O3/c22-14-6-1-4-12(17(14)23)19-27-16(33-30-19)8-7-15(31)24-10-3-11-26-20-18-13(5-2-9-25-18)21(32)29-28-20/h1-2,4-6,9H,3,7-8,10-11H2,(H,24,31)(H,26,28)(H,29,32). The second-order valence-corrected chi connectivity index (χ2v) is 7.83. The Morgan fingerprint density at radius 1 is 1.15 bits per heavy atom. The van der Waals surface area contributed by atoms with Crippen LogP contribution in [0.15, 0.2) is 45.8 Å². The molecular weight excluding hydrogens is 469 g/mol. The van der Waals surface area contributed by atoms with Crippen molar-refractivity contribution < 1.29 is 9.32 Å². The lowest BCUT2D eigenvalue weighted by Gasteiger charge is -2.08. The molecule has 0 bridgehead atoms. The Labute approximate surface area is 197 Å². The van der Waals surface area contributed by atoms with Crippen molar-refractivity contribution >= 4 is 45.8 Å². The molecule has 1 aromatic carbocycles. The predicted molar refractivity (Wildman–Crippen MR) is 124 cm³/mol. The first kappa shape index (κ1) is 22.7. The highest BCUT2D eigenvalue weighted by Gasteiger charge is 2.14. The largest absolute Gasteiger partial charge is 0.367 e. The molecule has 0 fully saturated rings. The molecule has 10 nitrogen and oxygen atoms in total. The van der Waals surface area contributed by atoms with Crippen molar-refractivity contribution in [3.05, 3.63) is 62.8 Å².